The highest BCUT2D eigenvalue weighted by Crippen LogP contribution is 2.24. The summed E-state index contributed by atoms with van der Waals surface area (Å²) in [5.74, 6) is 2.00. The number of aryl methyl sites for hydroxylation is 2. The van der Waals surface area contributed by atoms with E-state index in [0.29, 0.717) is 0 Å². The smallest absolute Gasteiger partial charge is 0.127 e. The average molecular weight is 261 g/mol. The maximum absolute atomic E-state index is 5.90. The Bertz CT molecular complexity index is 501. The van der Waals surface area contributed by atoms with Gasteiger partial charge in [-0.05, 0) is 31.2 Å². The summed E-state index contributed by atoms with van der Waals surface area (Å²) in [6.45, 7) is 8.20. The molecule has 104 valence electrons. The summed E-state index contributed by atoms with van der Waals surface area (Å²) in [4.78, 5) is 0. The molecule has 0 saturated carbocycles. The second-order valence-corrected chi connectivity index (χ2v) is 4.63. The molecule has 0 aliphatic rings. The molecule has 0 amide bonds. The van der Waals surface area contributed by atoms with E-state index in [1.165, 1.54) is 5.69 Å². The Hall–Kier alpha value is -1.55. The maximum atomic E-state index is 5.90. The van der Waals surface area contributed by atoms with Crippen molar-refractivity contribution < 1.29 is 4.42 Å². The van der Waals surface area contributed by atoms with Crippen LogP contribution in [0.5, 0.6) is 0 Å². The fraction of sp³-hybridized carbons (Fsp3) is 0.533. The Morgan fingerprint density at radius 2 is 2.11 bits per heavy atom. The lowest BCUT2D eigenvalue weighted by Crippen LogP contribution is -2.24. The number of furan rings is 1. The van der Waals surface area contributed by atoms with E-state index >= 15 is 0 Å². The van der Waals surface area contributed by atoms with Crippen LogP contribution in [0.3, 0.4) is 0 Å². The van der Waals surface area contributed by atoms with Crippen LogP contribution in [0.2, 0.25) is 0 Å². The van der Waals surface area contributed by atoms with Gasteiger partial charge in [-0.25, -0.2) is 0 Å². The summed E-state index contributed by atoms with van der Waals surface area (Å²) in [6, 6.07) is 6.27. The van der Waals surface area contributed by atoms with Crippen LogP contribution in [0.1, 0.15) is 50.4 Å². The molecule has 0 spiro atoms. The molecule has 1 atom stereocenters. The van der Waals surface area contributed by atoms with Gasteiger partial charge in [0.25, 0.3) is 0 Å². The maximum Gasteiger partial charge on any atom is 0.127 e. The Balaban J connectivity index is 2.30. The van der Waals surface area contributed by atoms with Gasteiger partial charge >= 0.3 is 0 Å². The summed E-state index contributed by atoms with van der Waals surface area (Å²) >= 11 is 0. The van der Waals surface area contributed by atoms with E-state index in [1.54, 1.807) is 0 Å². The topological polar surface area (TPSA) is 43.0 Å². The lowest BCUT2D eigenvalue weighted by atomic mass is 10.1. The zero-order chi connectivity index (χ0) is 13.7. The molecule has 0 saturated heterocycles. The first-order chi connectivity index (χ1) is 9.30. The summed E-state index contributed by atoms with van der Waals surface area (Å²) in [6.07, 6.45) is 3.86. The minimum atomic E-state index is 0.0827. The SMILES string of the molecule is CCCn1nccc1C(NCC)c1ccc(CC)o1. The number of hydrogen-bond donors (Lipinski definition) is 1. The summed E-state index contributed by atoms with van der Waals surface area (Å²) < 4.78 is 7.96. The molecule has 2 aromatic rings. The molecule has 1 unspecified atom stereocenters. The Morgan fingerprint density at radius 3 is 2.74 bits per heavy atom. The summed E-state index contributed by atoms with van der Waals surface area (Å²) in [5.41, 5.74) is 1.17. The third kappa shape index (κ3) is 3.07. The van der Waals surface area contributed by atoms with Crippen molar-refractivity contribution in [3.05, 3.63) is 41.6 Å². The van der Waals surface area contributed by atoms with E-state index in [4.69, 9.17) is 4.42 Å². The number of hydrogen-bond acceptors (Lipinski definition) is 3. The largest absolute Gasteiger partial charge is 0.464 e. The first kappa shape index (κ1) is 13.9. The lowest BCUT2D eigenvalue weighted by molar-refractivity contribution is 0.409. The third-order valence-electron chi connectivity index (χ3n) is 3.20. The van der Waals surface area contributed by atoms with E-state index < -0.39 is 0 Å². The Labute approximate surface area is 114 Å². The van der Waals surface area contributed by atoms with Gasteiger partial charge in [-0.2, -0.15) is 5.10 Å². The summed E-state index contributed by atoms with van der Waals surface area (Å²) in [5, 5.41) is 7.88. The normalized spacial score (nSPS) is 12.8. The highest BCUT2D eigenvalue weighted by Gasteiger charge is 2.20. The van der Waals surface area contributed by atoms with Crippen molar-refractivity contribution >= 4 is 0 Å². The van der Waals surface area contributed by atoms with Crippen molar-refractivity contribution in [1.82, 2.24) is 15.1 Å². The van der Waals surface area contributed by atoms with Gasteiger partial charge in [0.05, 0.1) is 5.69 Å². The predicted molar refractivity (Wildman–Crippen MR) is 76.1 cm³/mol. The first-order valence-electron chi connectivity index (χ1n) is 7.13. The lowest BCUT2D eigenvalue weighted by Gasteiger charge is -2.17. The van der Waals surface area contributed by atoms with Crippen molar-refractivity contribution in [2.24, 2.45) is 0 Å². The fourth-order valence-electron chi connectivity index (χ4n) is 2.28. The molecule has 1 N–H and O–H groups in total. The van der Waals surface area contributed by atoms with Crippen molar-refractivity contribution in [3.8, 4) is 0 Å². The van der Waals surface area contributed by atoms with Crippen LogP contribution in [-0.4, -0.2) is 16.3 Å². The van der Waals surface area contributed by atoms with Crippen LogP contribution in [-0.2, 0) is 13.0 Å². The molecule has 0 aromatic carbocycles. The van der Waals surface area contributed by atoms with Gasteiger partial charge in [-0.1, -0.05) is 20.8 Å². The van der Waals surface area contributed by atoms with Crippen LogP contribution in [0.15, 0.2) is 28.8 Å². The first-order valence-corrected chi connectivity index (χ1v) is 7.13. The molecule has 0 aliphatic heterocycles. The van der Waals surface area contributed by atoms with E-state index in [-0.39, 0.29) is 6.04 Å². The van der Waals surface area contributed by atoms with Crippen LogP contribution in [0.4, 0.5) is 0 Å². The molecule has 0 radical (unpaired) electrons. The van der Waals surface area contributed by atoms with Crippen LogP contribution < -0.4 is 5.32 Å². The molecule has 0 bridgehead atoms. The predicted octanol–water partition coefficient (Wildman–Crippen LogP) is 3.15. The van der Waals surface area contributed by atoms with Gasteiger partial charge in [0.15, 0.2) is 0 Å². The summed E-state index contributed by atoms with van der Waals surface area (Å²) in [7, 11) is 0. The van der Waals surface area contributed by atoms with Gasteiger partial charge in [-0.15, -0.1) is 0 Å². The van der Waals surface area contributed by atoms with E-state index in [2.05, 4.69) is 54.1 Å². The second kappa shape index (κ2) is 6.57. The fourth-order valence-corrected chi connectivity index (χ4v) is 2.28. The quantitative estimate of drug-likeness (QED) is 0.832. The van der Waals surface area contributed by atoms with Gasteiger partial charge in [0, 0.05) is 19.2 Å². The number of nitrogens with zero attached hydrogens (tertiary/aromatic N) is 2. The van der Waals surface area contributed by atoms with E-state index in [9.17, 15) is 0 Å². The molecule has 2 rings (SSSR count). The molecule has 2 heterocycles. The molecule has 0 aliphatic carbocycles. The zero-order valence-electron chi connectivity index (χ0n) is 12.0. The molecule has 4 heteroatoms. The monoisotopic (exact) mass is 261 g/mol. The van der Waals surface area contributed by atoms with Crippen LogP contribution in [0.25, 0.3) is 0 Å². The minimum Gasteiger partial charge on any atom is -0.464 e. The van der Waals surface area contributed by atoms with Gasteiger partial charge < -0.3 is 9.73 Å². The minimum absolute atomic E-state index is 0.0827. The van der Waals surface area contributed by atoms with Crippen LogP contribution >= 0.6 is 0 Å². The van der Waals surface area contributed by atoms with Crippen molar-refractivity contribution in [3.63, 3.8) is 0 Å². The Morgan fingerprint density at radius 1 is 1.26 bits per heavy atom. The number of aromatic nitrogens is 2. The van der Waals surface area contributed by atoms with Gasteiger partial charge in [0.1, 0.15) is 17.6 Å². The van der Waals surface area contributed by atoms with E-state index in [1.807, 2.05) is 6.20 Å². The van der Waals surface area contributed by atoms with Gasteiger partial charge in [0.2, 0.25) is 0 Å². The molecular weight excluding hydrogens is 238 g/mol. The van der Waals surface area contributed by atoms with Crippen molar-refractivity contribution in [2.75, 3.05) is 6.54 Å². The molecular formula is C15H23N3O. The van der Waals surface area contributed by atoms with Crippen molar-refractivity contribution in [2.45, 2.75) is 46.2 Å². The zero-order valence-corrected chi connectivity index (χ0v) is 12.0. The highest BCUT2D eigenvalue weighted by atomic mass is 16.3. The molecule has 19 heavy (non-hydrogen) atoms. The number of nitrogens with one attached hydrogen (secondary N) is 1. The molecule has 4 nitrogen and oxygen atoms in total. The highest BCUT2D eigenvalue weighted by molar-refractivity contribution is 5.21. The van der Waals surface area contributed by atoms with Gasteiger partial charge in [-0.3, -0.25) is 4.68 Å². The second-order valence-electron chi connectivity index (χ2n) is 4.63. The van der Waals surface area contributed by atoms with E-state index in [0.717, 1.165) is 37.5 Å². The molecule has 2 aromatic heterocycles. The van der Waals surface area contributed by atoms with Crippen LogP contribution in [0, 0.1) is 0 Å². The van der Waals surface area contributed by atoms with Crippen molar-refractivity contribution in [1.29, 1.82) is 0 Å². The molecule has 0 fully saturated rings. The standard InChI is InChI=1S/C15H23N3O/c1-4-11-18-13(9-10-17-18)15(16-6-3)14-8-7-12(5-2)19-14/h7-10,15-16H,4-6,11H2,1-3H3. The number of rotatable bonds is 7. The third-order valence-corrected chi connectivity index (χ3v) is 3.20. The average Bonchev–Trinajstić information content (AvgIpc) is 3.05. The Kier molecular flexibility index (Phi) is 4.80.